The Morgan fingerprint density at radius 3 is 2.55 bits per heavy atom. The summed E-state index contributed by atoms with van der Waals surface area (Å²) < 4.78 is 0. The Morgan fingerprint density at radius 2 is 2.05 bits per heavy atom. The fraction of sp³-hybridized carbons (Fsp3) is 0.938. The van der Waals surface area contributed by atoms with Crippen LogP contribution in [0.2, 0.25) is 0 Å². The van der Waals surface area contributed by atoms with Gasteiger partial charge in [0.2, 0.25) is 0 Å². The second-order valence-electron chi connectivity index (χ2n) is 6.41. The van der Waals surface area contributed by atoms with Crippen LogP contribution in [-0.4, -0.2) is 62.7 Å². The Bertz CT molecular complexity index is 298. The summed E-state index contributed by atoms with van der Waals surface area (Å²) in [6.07, 6.45) is 5.56. The Kier molecular flexibility index (Phi) is 7.50. The van der Waals surface area contributed by atoms with Crippen LogP contribution in [-0.2, 0) is 0 Å². The lowest BCUT2D eigenvalue weighted by Crippen LogP contribution is -2.41. The largest absolute Gasteiger partial charge is 0.306 e. The number of nitriles is 1. The first kappa shape index (κ1) is 17.4. The highest BCUT2D eigenvalue weighted by Crippen LogP contribution is 2.19. The van der Waals surface area contributed by atoms with Gasteiger partial charge in [-0.25, -0.2) is 0 Å². The molecular formula is C16H32N4. The summed E-state index contributed by atoms with van der Waals surface area (Å²) in [5, 5.41) is 12.5. The standard InChI is InChI=1S/C16H32N4/c1-5-16(14-17,18-2)9-6-10-20(4)13-15-7-11-19(3)12-8-15/h15,18H,5-13H2,1-4H3. The van der Waals surface area contributed by atoms with Crippen LogP contribution in [0.15, 0.2) is 0 Å². The minimum atomic E-state index is -0.325. The maximum absolute atomic E-state index is 9.30. The van der Waals surface area contributed by atoms with Gasteiger partial charge in [0.25, 0.3) is 0 Å². The van der Waals surface area contributed by atoms with Crippen molar-refractivity contribution < 1.29 is 0 Å². The number of nitrogens with zero attached hydrogens (tertiary/aromatic N) is 3. The molecule has 1 atom stereocenters. The maximum atomic E-state index is 9.30. The van der Waals surface area contributed by atoms with Crippen LogP contribution >= 0.6 is 0 Å². The van der Waals surface area contributed by atoms with Crippen molar-refractivity contribution in [1.82, 2.24) is 15.1 Å². The van der Waals surface area contributed by atoms with Crippen LogP contribution in [0.4, 0.5) is 0 Å². The predicted octanol–water partition coefficient (Wildman–Crippen LogP) is 1.93. The summed E-state index contributed by atoms with van der Waals surface area (Å²) in [4.78, 5) is 4.87. The van der Waals surface area contributed by atoms with E-state index >= 15 is 0 Å². The zero-order valence-corrected chi connectivity index (χ0v) is 13.8. The molecule has 0 radical (unpaired) electrons. The smallest absolute Gasteiger partial charge is 0.106 e. The minimum absolute atomic E-state index is 0.325. The van der Waals surface area contributed by atoms with E-state index < -0.39 is 0 Å². The normalized spacial score (nSPS) is 20.8. The number of hydrogen-bond donors (Lipinski definition) is 1. The molecule has 20 heavy (non-hydrogen) atoms. The SMILES string of the molecule is CCC(C#N)(CCCN(C)CC1CCN(C)CC1)NC. The molecule has 0 amide bonds. The molecule has 0 aromatic heterocycles. The summed E-state index contributed by atoms with van der Waals surface area (Å²) >= 11 is 0. The maximum Gasteiger partial charge on any atom is 0.106 e. The summed E-state index contributed by atoms with van der Waals surface area (Å²) in [5.41, 5.74) is -0.325. The first-order valence-electron chi connectivity index (χ1n) is 8.02. The Labute approximate surface area is 125 Å². The quantitative estimate of drug-likeness (QED) is 0.738. The number of piperidine rings is 1. The molecule has 1 aliphatic rings. The van der Waals surface area contributed by atoms with Crippen molar-refractivity contribution in [1.29, 1.82) is 5.26 Å². The molecule has 0 bridgehead atoms. The summed E-state index contributed by atoms with van der Waals surface area (Å²) in [7, 11) is 6.33. The van der Waals surface area contributed by atoms with Gasteiger partial charge in [-0.05, 0) is 78.8 Å². The number of likely N-dealkylation sites (tertiary alicyclic amines) is 1. The van der Waals surface area contributed by atoms with Crippen molar-refractivity contribution in [3.63, 3.8) is 0 Å². The van der Waals surface area contributed by atoms with Crippen LogP contribution in [0.1, 0.15) is 39.0 Å². The van der Waals surface area contributed by atoms with Crippen LogP contribution in [0.3, 0.4) is 0 Å². The Morgan fingerprint density at radius 1 is 1.40 bits per heavy atom. The van der Waals surface area contributed by atoms with Gasteiger partial charge >= 0.3 is 0 Å². The molecule has 1 aliphatic heterocycles. The van der Waals surface area contributed by atoms with Gasteiger partial charge in [0.1, 0.15) is 5.54 Å². The zero-order valence-electron chi connectivity index (χ0n) is 13.8. The molecule has 0 saturated carbocycles. The highest BCUT2D eigenvalue weighted by Gasteiger charge is 2.25. The van der Waals surface area contributed by atoms with E-state index in [9.17, 15) is 5.26 Å². The average Bonchev–Trinajstić information content (AvgIpc) is 2.47. The van der Waals surface area contributed by atoms with E-state index in [1.165, 1.54) is 32.5 Å². The van der Waals surface area contributed by atoms with Crippen molar-refractivity contribution in [2.75, 3.05) is 47.3 Å². The molecule has 1 N–H and O–H groups in total. The van der Waals surface area contributed by atoms with Crippen LogP contribution < -0.4 is 5.32 Å². The number of nitrogens with one attached hydrogen (secondary N) is 1. The third-order valence-electron chi connectivity index (χ3n) is 4.85. The average molecular weight is 280 g/mol. The second kappa shape index (κ2) is 8.61. The van der Waals surface area contributed by atoms with Crippen molar-refractivity contribution in [2.45, 2.75) is 44.6 Å². The molecule has 4 nitrogen and oxygen atoms in total. The molecule has 0 aromatic rings. The third-order valence-corrected chi connectivity index (χ3v) is 4.85. The Hall–Kier alpha value is -0.630. The minimum Gasteiger partial charge on any atom is -0.306 e. The molecule has 1 fully saturated rings. The van der Waals surface area contributed by atoms with Crippen LogP contribution in [0, 0.1) is 17.2 Å². The van der Waals surface area contributed by atoms with Gasteiger partial charge in [-0.1, -0.05) is 6.92 Å². The van der Waals surface area contributed by atoms with E-state index in [1.54, 1.807) is 0 Å². The summed E-state index contributed by atoms with van der Waals surface area (Å²) in [6.45, 7) is 6.87. The summed E-state index contributed by atoms with van der Waals surface area (Å²) in [6, 6.07) is 2.44. The van der Waals surface area contributed by atoms with E-state index in [2.05, 4.69) is 42.2 Å². The lowest BCUT2D eigenvalue weighted by atomic mass is 9.92. The van der Waals surface area contributed by atoms with Crippen molar-refractivity contribution in [2.24, 2.45) is 5.92 Å². The van der Waals surface area contributed by atoms with E-state index in [0.717, 1.165) is 31.7 Å². The van der Waals surface area contributed by atoms with Gasteiger partial charge < -0.3 is 15.1 Å². The molecule has 1 rings (SSSR count). The molecule has 1 heterocycles. The number of rotatable bonds is 8. The highest BCUT2D eigenvalue weighted by molar-refractivity contribution is 5.05. The number of hydrogen-bond acceptors (Lipinski definition) is 4. The summed E-state index contributed by atoms with van der Waals surface area (Å²) in [5.74, 6) is 0.854. The fourth-order valence-corrected chi connectivity index (χ4v) is 3.10. The lowest BCUT2D eigenvalue weighted by molar-refractivity contribution is 0.173. The van der Waals surface area contributed by atoms with Gasteiger partial charge in [-0.2, -0.15) is 5.26 Å². The topological polar surface area (TPSA) is 42.3 Å². The van der Waals surface area contributed by atoms with Crippen LogP contribution in [0.25, 0.3) is 0 Å². The molecule has 116 valence electrons. The first-order chi connectivity index (χ1) is 9.55. The molecule has 1 unspecified atom stereocenters. The molecule has 1 saturated heterocycles. The van der Waals surface area contributed by atoms with Gasteiger partial charge in [0.05, 0.1) is 6.07 Å². The van der Waals surface area contributed by atoms with Gasteiger partial charge in [-0.15, -0.1) is 0 Å². The predicted molar refractivity (Wildman–Crippen MR) is 84.6 cm³/mol. The van der Waals surface area contributed by atoms with E-state index in [0.29, 0.717) is 0 Å². The van der Waals surface area contributed by atoms with Gasteiger partial charge in [-0.3, -0.25) is 0 Å². The fourth-order valence-electron chi connectivity index (χ4n) is 3.10. The first-order valence-corrected chi connectivity index (χ1v) is 8.02. The molecule has 0 spiro atoms. The van der Waals surface area contributed by atoms with E-state index in [1.807, 2.05) is 7.05 Å². The molecule has 0 aliphatic carbocycles. The second-order valence-corrected chi connectivity index (χ2v) is 6.41. The highest BCUT2D eigenvalue weighted by atomic mass is 15.1. The van der Waals surface area contributed by atoms with Gasteiger partial charge in [0.15, 0.2) is 0 Å². The van der Waals surface area contributed by atoms with E-state index in [-0.39, 0.29) is 5.54 Å². The molecule has 0 aromatic carbocycles. The van der Waals surface area contributed by atoms with Crippen molar-refractivity contribution in [3.8, 4) is 6.07 Å². The van der Waals surface area contributed by atoms with E-state index in [4.69, 9.17) is 0 Å². The van der Waals surface area contributed by atoms with Crippen LogP contribution in [0.5, 0.6) is 0 Å². The third kappa shape index (κ3) is 5.40. The molecule has 4 heteroatoms. The van der Waals surface area contributed by atoms with Gasteiger partial charge in [0, 0.05) is 6.54 Å². The zero-order chi connectivity index (χ0) is 15.0. The monoisotopic (exact) mass is 280 g/mol. The van der Waals surface area contributed by atoms with Crippen molar-refractivity contribution in [3.05, 3.63) is 0 Å². The Balaban J connectivity index is 2.23. The lowest BCUT2D eigenvalue weighted by Gasteiger charge is -2.32. The van der Waals surface area contributed by atoms with Crippen molar-refractivity contribution >= 4 is 0 Å². The molecular weight excluding hydrogens is 248 g/mol.